The number of nitrogens with zero attached hydrogens (tertiary/aromatic N) is 2. The van der Waals surface area contributed by atoms with Crippen molar-refractivity contribution in [3.8, 4) is 39.3 Å². The van der Waals surface area contributed by atoms with Crippen LogP contribution >= 0.6 is 0 Å². The van der Waals surface area contributed by atoms with Crippen molar-refractivity contribution >= 4 is 32.3 Å². The first-order valence-electron chi connectivity index (χ1n) is 16.1. The maximum Gasteiger partial charge on any atom is 0.144 e. The summed E-state index contributed by atoms with van der Waals surface area (Å²) < 4.78 is 2.20. The summed E-state index contributed by atoms with van der Waals surface area (Å²) >= 11 is 0. The molecule has 0 bridgehead atoms. The number of benzene rings is 7. The first-order valence-corrected chi connectivity index (χ1v) is 16.1. The molecule has 1 heterocycles. The fourth-order valence-electron chi connectivity index (χ4n) is 8.14. The standard InChI is InChI=1S/C44H34N2/c1-27-23-28(2)25-31(24-27)29-13-16-32(17-14-29)46-22-21-45-43(46)30-15-20-40-39(26-30)38-19-18-37-35-11-6-5-9-33(35)34-10-7-8-12-36(34)41(37)42(38)44(40,3)4/h5-26H,1-4H3. The lowest BCUT2D eigenvalue weighted by atomic mass is 9.78. The summed E-state index contributed by atoms with van der Waals surface area (Å²) in [6, 6.07) is 45.0. The molecule has 1 aliphatic carbocycles. The fourth-order valence-corrected chi connectivity index (χ4v) is 8.14. The molecule has 0 aliphatic heterocycles. The number of fused-ring (bicyclic) bond motifs is 10. The van der Waals surface area contributed by atoms with Crippen molar-refractivity contribution in [3.63, 3.8) is 0 Å². The number of aryl methyl sites for hydroxylation is 2. The molecule has 0 amide bonds. The van der Waals surface area contributed by atoms with Crippen LogP contribution < -0.4 is 0 Å². The SMILES string of the molecule is Cc1cc(C)cc(-c2ccc(-n3ccnc3-c3ccc4c(c3)-c3ccc5c6ccccc6c6ccccc6c5c3C4(C)C)cc2)c1. The van der Waals surface area contributed by atoms with Gasteiger partial charge in [0, 0.05) is 29.1 Å². The van der Waals surface area contributed by atoms with E-state index in [4.69, 9.17) is 4.98 Å². The van der Waals surface area contributed by atoms with Gasteiger partial charge in [-0.2, -0.15) is 0 Å². The highest BCUT2D eigenvalue weighted by molar-refractivity contribution is 6.27. The van der Waals surface area contributed by atoms with Crippen molar-refractivity contribution in [1.29, 1.82) is 0 Å². The van der Waals surface area contributed by atoms with E-state index in [1.807, 2.05) is 6.20 Å². The summed E-state index contributed by atoms with van der Waals surface area (Å²) in [5.41, 5.74) is 12.5. The van der Waals surface area contributed by atoms with Crippen LogP contribution in [-0.4, -0.2) is 9.55 Å². The van der Waals surface area contributed by atoms with Crippen LogP contribution in [0.15, 0.2) is 134 Å². The lowest BCUT2D eigenvalue weighted by Gasteiger charge is -2.24. The summed E-state index contributed by atoms with van der Waals surface area (Å²) in [7, 11) is 0. The molecule has 46 heavy (non-hydrogen) atoms. The highest BCUT2D eigenvalue weighted by Gasteiger charge is 2.38. The molecule has 0 saturated carbocycles. The van der Waals surface area contributed by atoms with Crippen molar-refractivity contribution < 1.29 is 0 Å². The van der Waals surface area contributed by atoms with Gasteiger partial charge in [-0.1, -0.05) is 128 Å². The van der Waals surface area contributed by atoms with Crippen LogP contribution in [0.2, 0.25) is 0 Å². The maximum atomic E-state index is 4.87. The van der Waals surface area contributed by atoms with Gasteiger partial charge in [-0.25, -0.2) is 4.98 Å². The monoisotopic (exact) mass is 590 g/mol. The molecule has 0 atom stereocenters. The van der Waals surface area contributed by atoms with E-state index in [9.17, 15) is 0 Å². The number of hydrogen-bond acceptors (Lipinski definition) is 1. The van der Waals surface area contributed by atoms with Crippen LogP contribution in [0.4, 0.5) is 0 Å². The van der Waals surface area contributed by atoms with Crippen LogP contribution in [0, 0.1) is 13.8 Å². The number of rotatable bonds is 3. The smallest absolute Gasteiger partial charge is 0.144 e. The molecule has 2 heteroatoms. The Hall–Kier alpha value is -5.47. The summed E-state index contributed by atoms with van der Waals surface area (Å²) in [4.78, 5) is 4.87. The molecule has 0 N–H and O–H groups in total. The van der Waals surface area contributed by atoms with Crippen molar-refractivity contribution in [2.45, 2.75) is 33.1 Å². The average molecular weight is 591 g/mol. The van der Waals surface area contributed by atoms with Crippen LogP contribution in [0.25, 0.3) is 71.6 Å². The Bertz CT molecular complexity index is 2450. The third-order valence-electron chi connectivity index (χ3n) is 10.1. The minimum absolute atomic E-state index is 0.146. The summed E-state index contributed by atoms with van der Waals surface area (Å²) in [6.07, 6.45) is 3.97. The van der Waals surface area contributed by atoms with Gasteiger partial charge in [-0.05, 0) is 97.7 Å². The second kappa shape index (κ2) is 9.76. The minimum atomic E-state index is -0.146. The van der Waals surface area contributed by atoms with E-state index in [0.29, 0.717) is 0 Å². The first-order chi connectivity index (χ1) is 22.4. The van der Waals surface area contributed by atoms with Crippen LogP contribution in [-0.2, 0) is 5.41 Å². The van der Waals surface area contributed by atoms with Gasteiger partial charge in [0.2, 0.25) is 0 Å². The van der Waals surface area contributed by atoms with Crippen molar-refractivity contribution in [2.24, 2.45) is 0 Å². The van der Waals surface area contributed by atoms with Crippen molar-refractivity contribution in [1.82, 2.24) is 9.55 Å². The Morgan fingerprint density at radius 3 is 1.85 bits per heavy atom. The zero-order valence-corrected chi connectivity index (χ0v) is 26.6. The molecule has 2 nitrogen and oxygen atoms in total. The zero-order valence-electron chi connectivity index (χ0n) is 26.6. The van der Waals surface area contributed by atoms with Gasteiger partial charge in [-0.15, -0.1) is 0 Å². The van der Waals surface area contributed by atoms with Gasteiger partial charge in [0.25, 0.3) is 0 Å². The molecule has 1 aliphatic rings. The molecule has 0 saturated heterocycles. The van der Waals surface area contributed by atoms with Gasteiger partial charge in [0.15, 0.2) is 0 Å². The van der Waals surface area contributed by atoms with E-state index in [-0.39, 0.29) is 5.41 Å². The third kappa shape index (κ3) is 3.86. The molecular weight excluding hydrogens is 556 g/mol. The van der Waals surface area contributed by atoms with E-state index in [1.165, 1.54) is 76.8 Å². The Balaban J connectivity index is 1.19. The van der Waals surface area contributed by atoms with E-state index in [0.717, 1.165) is 17.1 Å². The second-order valence-electron chi connectivity index (χ2n) is 13.4. The molecule has 0 unspecified atom stereocenters. The molecular formula is C44H34N2. The van der Waals surface area contributed by atoms with Crippen LogP contribution in [0.5, 0.6) is 0 Å². The van der Waals surface area contributed by atoms with E-state index in [2.05, 4.69) is 160 Å². The molecule has 220 valence electrons. The average Bonchev–Trinajstić information content (AvgIpc) is 3.65. The number of hydrogen-bond donors (Lipinski definition) is 0. The summed E-state index contributed by atoms with van der Waals surface area (Å²) in [5, 5.41) is 7.98. The number of imidazole rings is 1. The molecule has 9 rings (SSSR count). The number of aromatic nitrogens is 2. The van der Waals surface area contributed by atoms with Gasteiger partial charge >= 0.3 is 0 Å². The highest BCUT2D eigenvalue weighted by atomic mass is 15.1. The lowest BCUT2D eigenvalue weighted by molar-refractivity contribution is 0.666. The minimum Gasteiger partial charge on any atom is -0.300 e. The molecule has 0 fully saturated rings. The van der Waals surface area contributed by atoms with Crippen LogP contribution in [0.3, 0.4) is 0 Å². The third-order valence-corrected chi connectivity index (χ3v) is 10.1. The van der Waals surface area contributed by atoms with Crippen molar-refractivity contribution in [3.05, 3.63) is 156 Å². The largest absolute Gasteiger partial charge is 0.300 e. The van der Waals surface area contributed by atoms with Crippen LogP contribution in [0.1, 0.15) is 36.1 Å². The maximum absolute atomic E-state index is 4.87. The van der Waals surface area contributed by atoms with E-state index in [1.54, 1.807) is 0 Å². The second-order valence-corrected chi connectivity index (χ2v) is 13.4. The van der Waals surface area contributed by atoms with Gasteiger partial charge < -0.3 is 0 Å². The molecule has 8 aromatic rings. The molecule has 0 spiro atoms. The van der Waals surface area contributed by atoms with E-state index < -0.39 is 0 Å². The lowest BCUT2D eigenvalue weighted by Crippen LogP contribution is -2.15. The van der Waals surface area contributed by atoms with Gasteiger partial charge in [0.1, 0.15) is 5.82 Å². The Morgan fingerprint density at radius 1 is 0.543 bits per heavy atom. The highest BCUT2D eigenvalue weighted by Crippen LogP contribution is 2.54. The van der Waals surface area contributed by atoms with Gasteiger partial charge in [-0.3, -0.25) is 4.57 Å². The summed E-state index contributed by atoms with van der Waals surface area (Å²) in [5.74, 6) is 0.949. The Morgan fingerprint density at radius 2 is 1.15 bits per heavy atom. The normalized spacial score (nSPS) is 13.4. The van der Waals surface area contributed by atoms with Gasteiger partial charge in [0.05, 0.1) is 0 Å². The van der Waals surface area contributed by atoms with Crippen molar-refractivity contribution in [2.75, 3.05) is 0 Å². The topological polar surface area (TPSA) is 17.8 Å². The summed E-state index contributed by atoms with van der Waals surface area (Å²) in [6.45, 7) is 9.09. The quantitative estimate of drug-likeness (QED) is 0.187. The predicted octanol–water partition coefficient (Wildman–Crippen LogP) is 11.6. The Kier molecular flexibility index (Phi) is 5.71. The Labute approximate surface area is 269 Å². The molecule has 7 aromatic carbocycles. The first kappa shape index (κ1) is 26.9. The zero-order chi connectivity index (χ0) is 31.2. The molecule has 0 radical (unpaired) electrons. The predicted molar refractivity (Wildman–Crippen MR) is 194 cm³/mol. The molecule has 1 aromatic heterocycles. The fraction of sp³-hybridized carbons (Fsp3) is 0.114. The van der Waals surface area contributed by atoms with E-state index >= 15 is 0 Å².